The van der Waals surface area contributed by atoms with Crippen molar-refractivity contribution in [2.75, 3.05) is 0 Å². The molecule has 6 rings (SSSR count). The van der Waals surface area contributed by atoms with Crippen LogP contribution in [0.5, 0.6) is 11.5 Å². The van der Waals surface area contributed by atoms with Gasteiger partial charge in [0.15, 0.2) is 0 Å². The van der Waals surface area contributed by atoms with Crippen LogP contribution in [-0.2, 0) is 28.8 Å². The summed E-state index contributed by atoms with van der Waals surface area (Å²) >= 11 is 0. The summed E-state index contributed by atoms with van der Waals surface area (Å²) in [7, 11) is 0. The highest BCUT2D eigenvalue weighted by Gasteiger charge is 2.55. The van der Waals surface area contributed by atoms with Gasteiger partial charge in [-0.05, 0) is 120 Å². The fourth-order valence-corrected chi connectivity index (χ4v) is 9.31. The van der Waals surface area contributed by atoms with Crippen molar-refractivity contribution in [2.24, 2.45) is 46.8 Å². The van der Waals surface area contributed by atoms with Gasteiger partial charge in [0.25, 0.3) is 0 Å². The minimum Gasteiger partial charge on any atom is -0.426 e. The van der Waals surface area contributed by atoms with Crippen LogP contribution in [0.1, 0.15) is 119 Å². The molecule has 10 heteroatoms. The Kier molecular flexibility index (Phi) is 10.1. The van der Waals surface area contributed by atoms with Gasteiger partial charge < -0.3 is 9.47 Å². The summed E-state index contributed by atoms with van der Waals surface area (Å²) in [5.74, 6) is -2.88. The molecule has 10 nitrogen and oxygen atoms in total. The summed E-state index contributed by atoms with van der Waals surface area (Å²) in [6.45, 7) is 12.6. The molecule has 6 atom stereocenters. The van der Waals surface area contributed by atoms with Crippen molar-refractivity contribution in [3.8, 4) is 11.5 Å². The molecule has 2 saturated heterocycles. The number of hydrogen-bond acceptors (Lipinski definition) is 8. The largest absolute Gasteiger partial charge is 0.426 e. The number of likely N-dealkylation sites (tertiary alicyclic amines) is 2. The van der Waals surface area contributed by atoms with Crippen molar-refractivity contribution in [3.05, 3.63) is 24.3 Å². The van der Waals surface area contributed by atoms with E-state index >= 15 is 0 Å². The van der Waals surface area contributed by atoms with Crippen LogP contribution < -0.4 is 9.47 Å². The smallest absolute Gasteiger partial charge is 0.314 e. The number of nitrogens with zero attached hydrogens (tertiary/aromatic N) is 2. The van der Waals surface area contributed by atoms with Crippen LogP contribution in [-0.4, -0.2) is 56.9 Å². The van der Waals surface area contributed by atoms with Crippen molar-refractivity contribution in [2.45, 2.75) is 130 Å². The Labute approximate surface area is 296 Å². The Hall–Kier alpha value is -3.56. The van der Waals surface area contributed by atoms with Crippen LogP contribution in [0, 0.1) is 46.8 Å². The number of esters is 2. The molecule has 2 heterocycles. The average Bonchev–Trinajstić information content (AvgIpc) is 3.52. The maximum Gasteiger partial charge on any atom is 0.314 e. The summed E-state index contributed by atoms with van der Waals surface area (Å²) < 4.78 is 11.3. The molecular formula is C40H54N2O8. The Balaban J connectivity index is 0.997. The Morgan fingerprint density at radius 1 is 0.620 bits per heavy atom. The molecule has 0 aromatic heterocycles. The number of ether oxygens (including phenoxy) is 2. The van der Waals surface area contributed by atoms with Gasteiger partial charge in [-0.15, -0.1) is 0 Å². The second-order valence-corrected chi connectivity index (χ2v) is 16.8. The third-order valence-corrected chi connectivity index (χ3v) is 13.4. The molecule has 0 spiro atoms. The van der Waals surface area contributed by atoms with Crippen LogP contribution in [0.25, 0.3) is 0 Å². The second-order valence-electron chi connectivity index (χ2n) is 16.8. The molecule has 272 valence electrons. The van der Waals surface area contributed by atoms with Gasteiger partial charge in [-0.1, -0.05) is 34.1 Å². The van der Waals surface area contributed by atoms with Crippen molar-refractivity contribution in [1.82, 2.24) is 9.80 Å². The molecule has 3 aliphatic carbocycles. The zero-order chi connectivity index (χ0) is 36.1. The number of carbonyl (C=O) groups excluding carboxylic acids is 6. The normalized spacial score (nSPS) is 31.8. The highest BCUT2D eigenvalue weighted by atomic mass is 16.5. The Bertz CT molecular complexity index is 1520. The average molecular weight is 691 g/mol. The van der Waals surface area contributed by atoms with Crippen molar-refractivity contribution in [3.63, 3.8) is 0 Å². The molecule has 3 saturated carbocycles. The quantitative estimate of drug-likeness (QED) is 0.164. The molecule has 6 unspecified atom stereocenters. The number of carbonyl (C=O) groups is 6. The number of fused-ring (bicyclic) bond motifs is 2. The Morgan fingerprint density at radius 2 is 1.06 bits per heavy atom. The standard InChI is InChI=1S/C40H54N2O8/c1-7-39(3,4)25-11-13-26(14-12-25)41-33(43)29-19-9-23(21-31(29)34(41)44)37(47)49-27-15-17-28(18-16-27)50-38(48)24-10-20-30-32(22-24)36(46)42(35(30)45)40(5,6)8-2/h15-18,23-26,29-32H,7-14,19-22H2,1-6H3. The van der Waals surface area contributed by atoms with Gasteiger partial charge in [-0.25, -0.2) is 0 Å². The zero-order valence-electron chi connectivity index (χ0n) is 30.6. The monoisotopic (exact) mass is 690 g/mol. The van der Waals surface area contributed by atoms with Gasteiger partial charge in [0.1, 0.15) is 11.5 Å². The van der Waals surface area contributed by atoms with Gasteiger partial charge in [-0.2, -0.15) is 0 Å². The van der Waals surface area contributed by atoms with Gasteiger partial charge in [-0.3, -0.25) is 38.6 Å². The molecule has 0 radical (unpaired) electrons. The van der Waals surface area contributed by atoms with Crippen molar-refractivity contribution >= 4 is 35.6 Å². The first-order chi connectivity index (χ1) is 23.7. The molecule has 1 aromatic rings. The first-order valence-corrected chi connectivity index (χ1v) is 18.9. The van der Waals surface area contributed by atoms with Crippen LogP contribution >= 0.6 is 0 Å². The fourth-order valence-electron chi connectivity index (χ4n) is 9.31. The number of imide groups is 2. The summed E-state index contributed by atoms with van der Waals surface area (Å²) in [6, 6.07) is 6.21. The number of rotatable bonds is 9. The Morgan fingerprint density at radius 3 is 1.54 bits per heavy atom. The predicted molar refractivity (Wildman–Crippen MR) is 184 cm³/mol. The van der Waals surface area contributed by atoms with Gasteiger partial charge in [0.05, 0.1) is 35.5 Å². The number of hydrogen-bond donors (Lipinski definition) is 0. The summed E-state index contributed by atoms with van der Waals surface area (Å²) in [4.78, 5) is 82.5. The first kappa shape index (κ1) is 36.2. The molecule has 50 heavy (non-hydrogen) atoms. The molecule has 0 bridgehead atoms. The van der Waals surface area contributed by atoms with E-state index < -0.39 is 41.1 Å². The summed E-state index contributed by atoms with van der Waals surface area (Å²) in [5, 5.41) is 0. The van der Waals surface area contributed by atoms with E-state index in [0.29, 0.717) is 55.9 Å². The summed E-state index contributed by atoms with van der Waals surface area (Å²) in [5.41, 5.74) is -0.308. The van der Waals surface area contributed by atoms with Crippen LogP contribution in [0.2, 0.25) is 0 Å². The number of amides is 4. The third-order valence-electron chi connectivity index (χ3n) is 13.4. The second kappa shape index (κ2) is 13.9. The minimum absolute atomic E-state index is 0.0458. The topological polar surface area (TPSA) is 127 Å². The lowest BCUT2D eigenvalue weighted by molar-refractivity contribution is -0.147. The first-order valence-electron chi connectivity index (χ1n) is 18.9. The van der Waals surface area contributed by atoms with E-state index in [1.807, 2.05) is 20.8 Å². The van der Waals surface area contributed by atoms with Crippen LogP contribution in [0.15, 0.2) is 24.3 Å². The van der Waals surface area contributed by atoms with Gasteiger partial charge >= 0.3 is 11.9 Å². The fraction of sp³-hybridized carbons (Fsp3) is 0.700. The maximum atomic E-state index is 13.6. The molecule has 2 aliphatic heterocycles. The van der Waals surface area contributed by atoms with E-state index in [1.165, 1.54) is 4.90 Å². The number of benzene rings is 1. The van der Waals surface area contributed by atoms with E-state index in [-0.39, 0.29) is 53.3 Å². The van der Waals surface area contributed by atoms with Gasteiger partial charge in [0, 0.05) is 11.6 Å². The van der Waals surface area contributed by atoms with Crippen LogP contribution in [0.3, 0.4) is 0 Å². The zero-order valence-corrected chi connectivity index (χ0v) is 30.6. The lowest BCUT2D eigenvalue weighted by Gasteiger charge is -2.40. The maximum absolute atomic E-state index is 13.6. The molecule has 1 aromatic carbocycles. The van der Waals surface area contributed by atoms with E-state index in [0.717, 1.165) is 32.1 Å². The molecule has 4 amide bonds. The molecular weight excluding hydrogens is 636 g/mol. The van der Waals surface area contributed by atoms with E-state index in [1.54, 1.807) is 29.2 Å². The SMILES string of the molecule is CCC(C)(C)C1CCC(N2C(=O)C3CCC(C(=O)Oc4ccc(OC(=O)C5CCC6C(=O)N(C(C)(C)CC)C(=O)C6C5)cc4)CC3C2=O)CC1. The van der Waals surface area contributed by atoms with E-state index in [9.17, 15) is 28.8 Å². The molecule has 5 fully saturated rings. The van der Waals surface area contributed by atoms with E-state index in [2.05, 4.69) is 20.8 Å². The highest BCUT2D eigenvalue weighted by Crippen LogP contribution is 2.47. The predicted octanol–water partition coefficient (Wildman–Crippen LogP) is 6.48. The van der Waals surface area contributed by atoms with Crippen molar-refractivity contribution < 1.29 is 38.2 Å². The van der Waals surface area contributed by atoms with Crippen LogP contribution in [0.4, 0.5) is 0 Å². The molecule has 0 N–H and O–H groups in total. The highest BCUT2D eigenvalue weighted by molar-refractivity contribution is 6.06. The third kappa shape index (κ3) is 6.63. The van der Waals surface area contributed by atoms with Gasteiger partial charge in [0.2, 0.25) is 23.6 Å². The summed E-state index contributed by atoms with van der Waals surface area (Å²) in [6.07, 6.45) is 8.02. The van der Waals surface area contributed by atoms with Crippen molar-refractivity contribution in [1.29, 1.82) is 0 Å². The molecule has 5 aliphatic rings. The van der Waals surface area contributed by atoms with E-state index in [4.69, 9.17) is 9.47 Å². The lowest BCUT2D eigenvalue weighted by Crippen LogP contribution is -2.47. The lowest BCUT2D eigenvalue weighted by atomic mass is 9.68. The minimum atomic E-state index is -0.564.